The number of nitrogens with two attached hydrogens (primary N) is 1. The third-order valence-electron chi connectivity index (χ3n) is 2.92. The van der Waals surface area contributed by atoms with Crippen LogP contribution in [0.2, 0.25) is 0 Å². The number of carbonyl (C=O) groups excluding carboxylic acids is 1. The molecule has 0 saturated heterocycles. The molecular formula is C12H18N4O. The molecule has 0 saturated carbocycles. The average molecular weight is 234 g/mol. The maximum Gasteiger partial charge on any atom is 0.241 e. The molecule has 1 aromatic rings. The van der Waals surface area contributed by atoms with Gasteiger partial charge in [-0.05, 0) is 25.2 Å². The van der Waals surface area contributed by atoms with Crippen molar-refractivity contribution >= 4 is 11.6 Å². The quantitative estimate of drug-likeness (QED) is 0.761. The van der Waals surface area contributed by atoms with Crippen molar-refractivity contribution in [3.63, 3.8) is 0 Å². The van der Waals surface area contributed by atoms with Crippen molar-refractivity contribution in [2.75, 3.05) is 12.3 Å². The number of allylic oxidation sites excluding steroid dienone is 2. The molecule has 1 unspecified atom stereocenters. The van der Waals surface area contributed by atoms with Gasteiger partial charge in [0.2, 0.25) is 5.91 Å². The molecule has 5 nitrogen and oxygen atoms in total. The fourth-order valence-corrected chi connectivity index (χ4v) is 1.97. The van der Waals surface area contributed by atoms with Gasteiger partial charge >= 0.3 is 0 Å². The van der Waals surface area contributed by atoms with E-state index in [1.807, 2.05) is 0 Å². The Morgan fingerprint density at radius 1 is 1.59 bits per heavy atom. The van der Waals surface area contributed by atoms with Gasteiger partial charge in [-0.3, -0.25) is 9.48 Å². The summed E-state index contributed by atoms with van der Waals surface area (Å²) < 4.78 is 1.55. The van der Waals surface area contributed by atoms with E-state index in [1.54, 1.807) is 17.1 Å². The van der Waals surface area contributed by atoms with Crippen LogP contribution in [0.4, 0.5) is 5.69 Å². The van der Waals surface area contributed by atoms with Crippen LogP contribution in [-0.2, 0) is 11.3 Å². The van der Waals surface area contributed by atoms with Crippen LogP contribution in [0.5, 0.6) is 0 Å². The zero-order chi connectivity index (χ0) is 12.1. The first kappa shape index (κ1) is 11.7. The summed E-state index contributed by atoms with van der Waals surface area (Å²) in [6, 6.07) is 0. The Kier molecular flexibility index (Phi) is 3.80. The van der Waals surface area contributed by atoms with Crippen molar-refractivity contribution in [2.24, 2.45) is 5.92 Å². The number of anilines is 1. The van der Waals surface area contributed by atoms with E-state index >= 15 is 0 Å². The van der Waals surface area contributed by atoms with Gasteiger partial charge in [0.15, 0.2) is 0 Å². The predicted octanol–water partition coefficient (Wildman–Crippen LogP) is 0.938. The van der Waals surface area contributed by atoms with Crippen LogP contribution in [0.25, 0.3) is 0 Å². The minimum Gasteiger partial charge on any atom is -0.396 e. The van der Waals surface area contributed by atoms with Gasteiger partial charge in [0.25, 0.3) is 0 Å². The lowest BCUT2D eigenvalue weighted by atomic mass is 9.94. The van der Waals surface area contributed by atoms with E-state index in [4.69, 9.17) is 5.73 Å². The van der Waals surface area contributed by atoms with Crippen LogP contribution in [-0.4, -0.2) is 22.2 Å². The normalized spacial score (nSPS) is 19.2. The molecule has 1 aliphatic carbocycles. The second kappa shape index (κ2) is 5.52. The monoisotopic (exact) mass is 234 g/mol. The highest BCUT2D eigenvalue weighted by atomic mass is 16.2. The molecule has 5 heteroatoms. The summed E-state index contributed by atoms with van der Waals surface area (Å²) in [7, 11) is 0. The third kappa shape index (κ3) is 3.62. The molecule has 17 heavy (non-hydrogen) atoms. The molecule has 3 N–H and O–H groups in total. The number of hydrogen-bond acceptors (Lipinski definition) is 3. The van der Waals surface area contributed by atoms with E-state index in [0.29, 0.717) is 11.6 Å². The molecule has 1 aliphatic rings. The lowest BCUT2D eigenvalue weighted by Crippen LogP contribution is -2.32. The molecule has 1 amide bonds. The van der Waals surface area contributed by atoms with Crippen molar-refractivity contribution in [1.82, 2.24) is 15.1 Å². The van der Waals surface area contributed by atoms with Crippen LogP contribution in [0.1, 0.15) is 19.3 Å². The van der Waals surface area contributed by atoms with Gasteiger partial charge in [0, 0.05) is 12.7 Å². The van der Waals surface area contributed by atoms with Crippen molar-refractivity contribution in [3.8, 4) is 0 Å². The van der Waals surface area contributed by atoms with Gasteiger partial charge in [-0.2, -0.15) is 5.10 Å². The molecular weight excluding hydrogens is 216 g/mol. The van der Waals surface area contributed by atoms with Gasteiger partial charge in [-0.25, -0.2) is 0 Å². The summed E-state index contributed by atoms with van der Waals surface area (Å²) >= 11 is 0. The highest BCUT2D eigenvalue weighted by molar-refractivity contribution is 5.75. The number of nitrogens with zero attached hydrogens (tertiary/aromatic N) is 2. The van der Waals surface area contributed by atoms with Crippen molar-refractivity contribution in [2.45, 2.75) is 25.8 Å². The highest BCUT2D eigenvalue weighted by Gasteiger charge is 2.11. The Bertz CT molecular complexity index is 410. The Morgan fingerprint density at radius 2 is 2.47 bits per heavy atom. The molecule has 1 aromatic heterocycles. The molecule has 0 aliphatic heterocycles. The summed E-state index contributed by atoms with van der Waals surface area (Å²) in [5.74, 6) is 0.564. The molecule has 1 atom stereocenters. The summed E-state index contributed by atoms with van der Waals surface area (Å²) in [4.78, 5) is 11.6. The number of nitrogen functional groups attached to an aromatic ring is 1. The third-order valence-corrected chi connectivity index (χ3v) is 2.92. The van der Waals surface area contributed by atoms with Crippen LogP contribution >= 0.6 is 0 Å². The molecule has 2 rings (SSSR count). The smallest absolute Gasteiger partial charge is 0.241 e. The minimum atomic E-state index is -0.0114. The lowest BCUT2D eigenvalue weighted by molar-refractivity contribution is -0.122. The van der Waals surface area contributed by atoms with Crippen molar-refractivity contribution in [3.05, 3.63) is 24.5 Å². The highest BCUT2D eigenvalue weighted by Crippen LogP contribution is 2.16. The first-order valence-electron chi connectivity index (χ1n) is 5.93. The summed E-state index contributed by atoms with van der Waals surface area (Å²) in [6.07, 6.45) is 10.9. The van der Waals surface area contributed by atoms with Crippen LogP contribution < -0.4 is 11.1 Å². The van der Waals surface area contributed by atoms with Crippen molar-refractivity contribution < 1.29 is 4.79 Å². The van der Waals surface area contributed by atoms with E-state index < -0.39 is 0 Å². The Hall–Kier alpha value is -1.78. The molecule has 0 bridgehead atoms. The fourth-order valence-electron chi connectivity index (χ4n) is 1.97. The Labute approximate surface area is 101 Å². The van der Waals surface area contributed by atoms with E-state index in [0.717, 1.165) is 25.8 Å². The molecule has 0 fully saturated rings. The number of hydrogen-bond donors (Lipinski definition) is 2. The number of rotatable bonds is 4. The second-order valence-electron chi connectivity index (χ2n) is 4.43. The molecule has 1 heterocycles. The van der Waals surface area contributed by atoms with Crippen LogP contribution in [0, 0.1) is 5.92 Å². The van der Waals surface area contributed by atoms with Gasteiger partial charge in [0.05, 0.1) is 11.9 Å². The van der Waals surface area contributed by atoms with E-state index in [9.17, 15) is 4.79 Å². The predicted molar refractivity (Wildman–Crippen MR) is 66.1 cm³/mol. The van der Waals surface area contributed by atoms with Crippen LogP contribution in [0.15, 0.2) is 24.5 Å². The zero-order valence-electron chi connectivity index (χ0n) is 9.80. The standard InChI is InChI=1S/C12H18N4O/c13-11-7-15-16(8-11)9-12(17)14-6-10-4-2-1-3-5-10/h1-2,7-8,10H,3-6,9,13H2,(H,14,17). The van der Waals surface area contributed by atoms with Gasteiger partial charge < -0.3 is 11.1 Å². The first-order chi connectivity index (χ1) is 8.24. The van der Waals surface area contributed by atoms with Gasteiger partial charge in [-0.15, -0.1) is 0 Å². The molecule has 0 aromatic carbocycles. The van der Waals surface area contributed by atoms with Gasteiger partial charge in [0.1, 0.15) is 6.54 Å². The maximum atomic E-state index is 11.6. The van der Waals surface area contributed by atoms with E-state index in [-0.39, 0.29) is 12.5 Å². The van der Waals surface area contributed by atoms with Crippen molar-refractivity contribution in [1.29, 1.82) is 0 Å². The largest absolute Gasteiger partial charge is 0.396 e. The van der Waals surface area contributed by atoms with Gasteiger partial charge in [-0.1, -0.05) is 12.2 Å². The summed E-state index contributed by atoms with van der Waals surface area (Å²) in [5.41, 5.74) is 6.10. The topological polar surface area (TPSA) is 72.9 Å². The average Bonchev–Trinajstić information content (AvgIpc) is 2.73. The zero-order valence-corrected chi connectivity index (χ0v) is 9.80. The van der Waals surface area contributed by atoms with E-state index in [1.165, 1.54) is 0 Å². The summed E-state index contributed by atoms with van der Waals surface area (Å²) in [5, 5.41) is 6.91. The summed E-state index contributed by atoms with van der Waals surface area (Å²) in [6.45, 7) is 0.986. The number of nitrogens with one attached hydrogen (secondary N) is 1. The minimum absolute atomic E-state index is 0.0114. The maximum absolute atomic E-state index is 11.6. The Balaban J connectivity index is 1.72. The number of carbonyl (C=O) groups is 1. The fraction of sp³-hybridized carbons (Fsp3) is 0.500. The first-order valence-corrected chi connectivity index (χ1v) is 5.93. The molecule has 92 valence electrons. The van der Waals surface area contributed by atoms with E-state index in [2.05, 4.69) is 22.6 Å². The number of aromatic nitrogens is 2. The Morgan fingerprint density at radius 3 is 3.12 bits per heavy atom. The number of amides is 1. The molecule has 0 radical (unpaired) electrons. The second-order valence-corrected chi connectivity index (χ2v) is 4.43. The lowest BCUT2D eigenvalue weighted by Gasteiger charge is -2.17. The SMILES string of the molecule is Nc1cnn(CC(=O)NCC2CC=CCC2)c1. The van der Waals surface area contributed by atoms with Crippen LogP contribution in [0.3, 0.4) is 0 Å². The molecule has 0 spiro atoms.